The van der Waals surface area contributed by atoms with Gasteiger partial charge in [-0.1, -0.05) is 41.8 Å². The first kappa shape index (κ1) is 24.9. The highest BCUT2D eigenvalue weighted by atomic mass is 35.5. The second-order valence-corrected chi connectivity index (χ2v) is 9.55. The Labute approximate surface area is 221 Å². The molecule has 1 aliphatic rings. The summed E-state index contributed by atoms with van der Waals surface area (Å²) in [5.41, 5.74) is 1.65. The highest BCUT2D eigenvalue weighted by Crippen LogP contribution is 2.30. The number of esters is 2. The van der Waals surface area contributed by atoms with E-state index >= 15 is 0 Å². The second kappa shape index (κ2) is 10.7. The van der Waals surface area contributed by atoms with Crippen molar-refractivity contribution in [2.24, 2.45) is 0 Å². The number of imidazole rings is 1. The van der Waals surface area contributed by atoms with E-state index in [2.05, 4.69) is 21.8 Å². The summed E-state index contributed by atoms with van der Waals surface area (Å²) in [5.74, 6) is 6.05. The van der Waals surface area contributed by atoms with Gasteiger partial charge in [0.15, 0.2) is 34.7 Å². The van der Waals surface area contributed by atoms with Crippen LogP contribution in [0.25, 0.3) is 21.9 Å². The Bertz CT molecular complexity index is 1510. The van der Waals surface area contributed by atoms with Crippen LogP contribution in [0.4, 0.5) is 0 Å². The van der Waals surface area contributed by atoms with Crippen LogP contribution in [0, 0.1) is 11.8 Å². The van der Waals surface area contributed by atoms with Crippen LogP contribution in [0.15, 0.2) is 47.8 Å². The molecule has 0 N–H and O–H groups in total. The first-order chi connectivity index (χ1) is 17.9. The number of ether oxygens (including phenoxy) is 3. The van der Waals surface area contributed by atoms with Crippen molar-refractivity contribution in [3.8, 4) is 22.5 Å². The molecule has 11 heteroatoms. The Balaban J connectivity index is 1.60. The molecule has 0 aliphatic carbocycles. The zero-order chi connectivity index (χ0) is 25.9. The lowest BCUT2D eigenvalue weighted by Gasteiger charge is -2.22. The van der Waals surface area contributed by atoms with Gasteiger partial charge in [0.1, 0.15) is 11.6 Å². The third-order valence-corrected chi connectivity index (χ3v) is 6.70. The van der Waals surface area contributed by atoms with Crippen LogP contribution in [0.5, 0.6) is 0 Å². The lowest BCUT2D eigenvalue weighted by molar-refractivity contribution is -0.163. The van der Waals surface area contributed by atoms with Gasteiger partial charge in [-0.2, -0.15) is 0 Å². The lowest BCUT2D eigenvalue weighted by atomic mass is 10.1. The standard InChI is InChI=1S/C26H21ClN4O5S/c1-15(32)35-19-14-34-18(23(19)36-16(2)33)13-31-21(11-10-17-7-4-3-5-8-17)28-22-24(27)29-25(30-26(22)31)20-9-6-12-37-20/h3-9,12,18-19,23H,13-14H2,1-2H3/t18-,19?,23?/m0/s1. The Morgan fingerprint density at radius 3 is 2.57 bits per heavy atom. The number of carbonyl (C=O) groups is 2. The van der Waals surface area contributed by atoms with Crippen molar-refractivity contribution in [3.63, 3.8) is 0 Å². The van der Waals surface area contributed by atoms with Crippen molar-refractivity contribution in [1.29, 1.82) is 0 Å². The average molecular weight is 537 g/mol. The SMILES string of the molecule is CC(=O)OC1CO[C@@H](Cn2c(C#Cc3ccccc3)nc3c(Cl)nc(-c4cccs4)nc32)C1OC(C)=O. The predicted molar refractivity (Wildman–Crippen MR) is 137 cm³/mol. The Hall–Kier alpha value is -3.78. The summed E-state index contributed by atoms with van der Waals surface area (Å²) < 4.78 is 18.5. The van der Waals surface area contributed by atoms with Gasteiger partial charge in [0.25, 0.3) is 0 Å². The molecule has 1 fully saturated rings. The summed E-state index contributed by atoms with van der Waals surface area (Å²) in [6.45, 7) is 2.84. The molecule has 0 radical (unpaired) electrons. The number of aromatic nitrogens is 4. The molecule has 2 unspecified atom stereocenters. The summed E-state index contributed by atoms with van der Waals surface area (Å²) >= 11 is 8.04. The molecule has 0 spiro atoms. The van der Waals surface area contributed by atoms with Crippen LogP contribution in [-0.4, -0.2) is 56.4 Å². The minimum absolute atomic E-state index is 0.0794. The van der Waals surface area contributed by atoms with Gasteiger partial charge in [-0.05, 0) is 29.5 Å². The van der Waals surface area contributed by atoms with E-state index in [1.54, 1.807) is 4.57 Å². The monoisotopic (exact) mass is 536 g/mol. The molecule has 0 amide bonds. The summed E-state index contributed by atoms with van der Waals surface area (Å²) in [7, 11) is 0. The van der Waals surface area contributed by atoms with Crippen LogP contribution in [0.2, 0.25) is 5.15 Å². The maximum atomic E-state index is 11.8. The molecule has 3 atom stereocenters. The molecule has 37 heavy (non-hydrogen) atoms. The Morgan fingerprint density at radius 1 is 1.08 bits per heavy atom. The molecule has 4 aromatic rings. The molecule has 1 aliphatic heterocycles. The first-order valence-electron chi connectivity index (χ1n) is 11.4. The smallest absolute Gasteiger partial charge is 0.303 e. The van der Waals surface area contributed by atoms with E-state index in [-0.39, 0.29) is 18.3 Å². The first-order valence-corrected chi connectivity index (χ1v) is 12.7. The van der Waals surface area contributed by atoms with Crippen LogP contribution < -0.4 is 0 Å². The van der Waals surface area contributed by atoms with Crippen molar-refractivity contribution in [3.05, 3.63) is 64.4 Å². The summed E-state index contributed by atoms with van der Waals surface area (Å²) in [4.78, 5) is 38.1. The van der Waals surface area contributed by atoms with Crippen molar-refractivity contribution in [1.82, 2.24) is 19.5 Å². The molecule has 9 nitrogen and oxygen atoms in total. The van der Waals surface area contributed by atoms with E-state index in [0.29, 0.717) is 22.8 Å². The number of carbonyl (C=O) groups excluding carboxylic acids is 2. The molecule has 0 bridgehead atoms. The van der Waals surface area contributed by atoms with Gasteiger partial charge < -0.3 is 14.2 Å². The average Bonchev–Trinajstić information content (AvgIpc) is 3.60. The molecule has 0 saturated carbocycles. The van der Waals surface area contributed by atoms with E-state index in [1.165, 1.54) is 25.2 Å². The van der Waals surface area contributed by atoms with Gasteiger partial charge in [0.2, 0.25) is 0 Å². The molecule has 188 valence electrons. The normalized spacial score (nSPS) is 18.8. The highest BCUT2D eigenvalue weighted by molar-refractivity contribution is 7.13. The highest BCUT2D eigenvalue weighted by Gasteiger charge is 2.42. The van der Waals surface area contributed by atoms with Crippen LogP contribution in [-0.2, 0) is 30.3 Å². The topological polar surface area (TPSA) is 105 Å². The zero-order valence-corrected chi connectivity index (χ0v) is 21.5. The fraction of sp³-hybridized carbons (Fsp3) is 0.269. The fourth-order valence-corrected chi connectivity index (χ4v) is 4.91. The minimum Gasteiger partial charge on any atom is -0.456 e. The third kappa shape index (κ3) is 5.49. The molecular weight excluding hydrogens is 516 g/mol. The number of hydrogen-bond acceptors (Lipinski definition) is 9. The van der Waals surface area contributed by atoms with Gasteiger partial charge >= 0.3 is 11.9 Å². The maximum absolute atomic E-state index is 11.8. The summed E-state index contributed by atoms with van der Waals surface area (Å²) in [5, 5.41) is 2.12. The van der Waals surface area contributed by atoms with E-state index in [1.807, 2.05) is 47.8 Å². The molecule has 3 aromatic heterocycles. The number of rotatable bonds is 5. The van der Waals surface area contributed by atoms with Gasteiger partial charge in [-0.3, -0.25) is 14.2 Å². The Kier molecular flexibility index (Phi) is 7.19. The van der Waals surface area contributed by atoms with Crippen molar-refractivity contribution in [2.75, 3.05) is 6.61 Å². The molecule has 1 aromatic carbocycles. The van der Waals surface area contributed by atoms with Crippen molar-refractivity contribution >= 4 is 46.0 Å². The van der Waals surface area contributed by atoms with E-state index < -0.39 is 30.3 Å². The third-order valence-electron chi connectivity index (χ3n) is 5.58. The van der Waals surface area contributed by atoms with Crippen LogP contribution in [0.1, 0.15) is 25.2 Å². The molecular formula is C26H21ClN4O5S. The molecule has 5 rings (SSSR count). The van der Waals surface area contributed by atoms with Crippen LogP contribution in [0.3, 0.4) is 0 Å². The second-order valence-electron chi connectivity index (χ2n) is 8.24. The molecule has 1 saturated heterocycles. The quantitative estimate of drug-likeness (QED) is 0.215. The maximum Gasteiger partial charge on any atom is 0.303 e. The summed E-state index contributed by atoms with van der Waals surface area (Å²) in [6.07, 6.45) is -2.20. The van der Waals surface area contributed by atoms with Gasteiger partial charge in [0.05, 0.1) is 18.0 Å². The van der Waals surface area contributed by atoms with Gasteiger partial charge in [-0.25, -0.2) is 15.0 Å². The van der Waals surface area contributed by atoms with E-state index in [0.717, 1.165) is 10.4 Å². The molecule has 4 heterocycles. The Morgan fingerprint density at radius 2 is 1.86 bits per heavy atom. The van der Waals surface area contributed by atoms with Gasteiger partial charge in [-0.15, -0.1) is 11.3 Å². The number of hydrogen-bond donors (Lipinski definition) is 0. The van der Waals surface area contributed by atoms with Gasteiger partial charge in [0, 0.05) is 19.4 Å². The number of thiophene rings is 1. The van der Waals surface area contributed by atoms with E-state index in [4.69, 9.17) is 30.8 Å². The predicted octanol–water partition coefficient (Wildman–Crippen LogP) is 3.87. The largest absolute Gasteiger partial charge is 0.456 e. The van der Waals surface area contributed by atoms with Crippen molar-refractivity contribution in [2.45, 2.75) is 38.7 Å². The zero-order valence-electron chi connectivity index (χ0n) is 19.9. The minimum atomic E-state index is -0.817. The fourth-order valence-electron chi connectivity index (χ4n) is 4.04. The number of nitrogens with zero attached hydrogens (tertiary/aromatic N) is 4. The number of halogens is 1. The summed E-state index contributed by atoms with van der Waals surface area (Å²) in [6, 6.07) is 13.3. The number of benzene rings is 1. The lowest BCUT2D eigenvalue weighted by Crippen LogP contribution is -2.39. The van der Waals surface area contributed by atoms with Crippen LogP contribution >= 0.6 is 22.9 Å². The van der Waals surface area contributed by atoms with Crippen molar-refractivity contribution < 1.29 is 23.8 Å². The number of fused-ring (bicyclic) bond motifs is 1. The van der Waals surface area contributed by atoms with E-state index in [9.17, 15) is 9.59 Å².